The fourth-order valence-electron chi connectivity index (χ4n) is 1.45. The number of likely N-dealkylation sites (N-methyl/N-ethyl adjacent to an activating group) is 2. The van der Waals surface area contributed by atoms with Crippen LogP contribution in [-0.4, -0.2) is 50.6 Å². The van der Waals surface area contributed by atoms with Crippen molar-refractivity contribution < 1.29 is 0 Å². The zero-order valence-corrected chi connectivity index (χ0v) is 12.0. The summed E-state index contributed by atoms with van der Waals surface area (Å²) in [6, 6.07) is 8.58. The molecule has 1 aromatic rings. The third-order valence-corrected chi connectivity index (χ3v) is 3.15. The van der Waals surface area contributed by atoms with Gasteiger partial charge in [-0.15, -0.1) is 0 Å². The van der Waals surface area contributed by atoms with Gasteiger partial charge in [0.25, 0.3) is 0 Å². The van der Waals surface area contributed by atoms with Gasteiger partial charge in [-0.3, -0.25) is 0 Å². The molecule has 0 aliphatic rings. The van der Waals surface area contributed by atoms with Crippen LogP contribution in [0.2, 0.25) is 0 Å². The summed E-state index contributed by atoms with van der Waals surface area (Å²) in [5.41, 5.74) is 1.40. The van der Waals surface area contributed by atoms with Gasteiger partial charge in [-0.05, 0) is 45.3 Å². The van der Waals surface area contributed by atoms with E-state index in [0.717, 1.165) is 30.5 Å². The van der Waals surface area contributed by atoms with Crippen LogP contribution in [-0.2, 0) is 6.42 Å². The Morgan fingerprint density at radius 2 is 1.56 bits per heavy atom. The van der Waals surface area contributed by atoms with Gasteiger partial charge in [0.15, 0.2) is 0 Å². The van der Waals surface area contributed by atoms with Gasteiger partial charge in [0, 0.05) is 24.1 Å². The predicted octanol–water partition coefficient (Wildman–Crippen LogP) is 2.49. The zero-order valence-electron chi connectivity index (χ0n) is 10.4. The summed E-state index contributed by atoms with van der Waals surface area (Å²) in [7, 11) is 6.41. The van der Waals surface area contributed by atoms with Crippen molar-refractivity contribution >= 4 is 15.9 Å². The van der Waals surface area contributed by atoms with Gasteiger partial charge in [-0.25, -0.2) is 0 Å². The zero-order chi connectivity index (χ0) is 12.0. The van der Waals surface area contributed by atoms with E-state index < -0.39 is 0 Å². The van der Waals surface area contributed by atoms with Crippen LogP contribution in [0.3, 0.4) is 0 Å². The summed E-state index contributed by atoms with van der Waals surface area (Å²) in [5.74, 6) is 0. The second-order valence-corrected chi connectivity index (χ2v) is 5.40. The van der Waals surface area contributed by atoms with Crippen molar-refractivity contribution in [3.8, 4) is 0 Å². The number of hydrogen-bond acceptors (Lipinski definition) is 2. The summed E-state index contributed by atoms with van der Waals surface area (Å²) in [4.78, 5) is 4.60. The van der Waals surface area contributed by atoms with Gasteiger partial charge >= 0.3 is 0 Å². The first-order valence-corrected chi connectivity index (χ1v) is 6.45. The Labute approximate surface area is 107 Å². The van der Waals surface area contributed by atoms with Gasteiger partial charge in [0.05, 0.1) is 0 Å². The molecule has 0 bridgehead atoms. The third-order valence-electron chi connectivity index (χ3n) is 2.62. The molecule has 0 atom stereocenters. The standard InChI is InChI=1S/C13H21BrN2/c1-15(2)10-11-16(3)9-8-12-4-6-13(14)7-5-12/h4-7H,8-11H2,1-3H3. The van der Waals surface area contributed by atoms with E-state index in [9.17, 15) is 0 Å². The fraction of sp³-hybridized carbons (Fsp3) is 0.538. The predicted molar refractivity (Wildman–Crippen MR) is 73.9 cm³/mol. The second-order valence-electron chi connectivity index (χ2n) is 4.48. The topological polar surface area (TPSA) is 6.48 Å². The van der Waals surface area contributed by atoms with Crippen molar-refractivity contribution in [3.63, 3.8) is 0 Å². The van der Waals surface area contributed by atoms with Crippen LogP contribution < -0.4 is 0 Å². The van der Waals surface area contributed by atoms with Gasteiger partial charge in [0.2, 0.25) is 0 Å². The number of hydrogen-bond donors (Lipinski definition) is 0. The number of benzene rings is 1. The van der Waals surface area contributed by atoms with Crippen molar-refractivity contribution in [3.05, 3.63) is 34.3 Å². The maximum absolute atomic E-state index is 3.45. The van der Waals surface area contributed by atoms with E-state index in [-0.39, 0.29) is 0 Å². The lowest BCUT2D eigenvalue weighted by Crippen LogP contribution is -2.30. The number of halogens is 1. The molecular weight excluding hydrogens is 264 g/mol. The van der Waals surface area contributed by atoms with Crippen LogP contribution in [0.1, 0.15) is 5.56 Å². The maximum Gasteiger partial charge on any atom is 0.0175 e. The summed E-state index contributed by atoms with van der Waals surface area (Å²) in [6.45, 7) is 3.37. The largest absolute Gasteiger partial charge is 0.308 e. The summed E-state index contributed by atoms with van der Waals surface area (Å²) in [6.07, 6.45) is 1.12. The van der Waals surface area contributed by atoms with E-state index in [1.807, 2.05) is 0 Å². The first-order valence-electron chi connectivity index (χ1n) is 5.65. The Kier molecular flexibility index (Phi) is 6.03. The Morgan fingerprint density at radius 3 is 2.12 bits per heavy atom. The monoisotopic (exact) mass is 284 g/mol. The lowest BCUT2D eigenvalue weighted by Gasteiger charge is -2.19. The van der Waals surface area contributed by atoms with Crippen molar-refractivity contribution in [1.82, 2.24) is 9.80 Å². The molecule has 0 radical (unpaired) electrons. The molecule has 0 unspecified atom stereocenters. The van der Waals surface area contributed by atoms with Crippen molar-refractivity contribution in [2.45, 2.75) is 6.42 Å². The van der Waals surface area contributed by atoms with Gasteiger partial charge in [0.1, 0.15) is 0 Å². The summed E-state index contributed by atoms with van der Waals surface area (Å²) in [5, 5.41) is 0. The highest BCUT2D eigenvalue weighted by Gasteiger charge is 2.00. The molecule has 16 heavy (non-hydrogen) atoms. The van der Waals surface area contributed by atoms with E-state index >= 15 is 0 Å². The van der Waals surface area contributed by atoms with Gasteiger partial charge in [-0.1, -0.05) is 28.1 Å². The van der Waals surface area contributed by atoms with Crippen LogP contribution in [0.4, 0.5) is 0 Å². The average Bonchev–Trinajstić information content (AvgIpc) is 2.25. The van der Waals surface area contributed by atoms with E-state index in [2.05, 4.69) is 71.1 Å². The van der Waals surface area contributed by atoms with E-state index in [4.69, 9.17) is 0 Å². The lowest BCUT2D eigenvalue weighted by atomic mass is 10.1. The molecule has 0 N–H and O–H groups in total. The van der Waals surface area contributed by atoms with Crippen LogP contribution >= 0.6 is 15.9 Å². The van der Waals surface area contributed by atoms with Crippen LogP contribution in [0, 0.1) is 0 Å². The minimum Gasteiger partial charge on any atom is -0.308 e. The minimum absolute atomic E-state index is 1.12. The third kappa shape index (κ3) is 5.64. The Morgan fingerprint density at radius 1 is 0.938 bits per heavy atom. The molecule has 1 aromatic carbocycles. The number of rotatable bonds is 6. The van der Waals surface area contributed by atoms with Crippen LogP contribution in [0.25, 0.3) is 0 Å². The highest BCUT2D eigenvalue weighted by atomic mass is 79.9. The maximum atomic E-state index is 3.45. The molecule has 1 rings (SSSR count). The lowest BCUT2D eigenvalue weighted by molar-refractivity contribution is 0.284. The summed E-state index contributed by atoms with van der Waals surface area (Å²) >= 11 is 3.45. The molecule has 0 spiro atoms. The van der Waals surface area contributed by atoms with Crippen LogP contribution in [0.15, 0.2) is 28.7 Å². The van der Waals surface area contributed by atoms with Gasteiger partial charge in [-0.2, -0.15) is 0 Å². The van der Waals surface area contributed by atoms with E-state index in [0.29, 0.717) is 0 Å². The van der Waals surface area contributed by atoms with Crippen LogP contribution in [0.5, 0.6) is 0 Å². The Bertz CT molecular complexity index is 295. The van der Waals surface area contributed by atoms with Gasteiger partial charge < -0.3 is 9.80 Å². The normalized spacial score (nSPS) is 11.4. The van der Waals surface area contributed by atoms with Crippen molar-refractivity contribution in [2.75, 3.05) is 40.8 Å². The molecule has 90 valence electrons. The molecule has 3 heteroatoms. The molecule has 0 aliphatic carbocycles. The quantitative estimate of drug-likeness (QED) is 0.792. The number of nitrogens with zero attached hydrogens (tertiary/aromatic N) is 2. The Hall–Kier alpha value is -0.380. The van der Waals surface area contributed by atoms with Crippen molar-refractivity contribution in [2.24, 2.45) is 0 Å². The van der Waals surface area contributed by atoms with Crippen molar-refractivity contribution in [1.29, 1.82) is 0 Å². The molecule has 0 saturated heterocycles. The molecule has 0 aliphatic heterocycles. The molecule has 0 amide bonds. The second kappa shape index (κ2) is 7.05. The average molecular weight is 285 g/mol. The molecule has 0 heterocycles. The molecule has 0 fully saturated rings. The van der Waals surface area contributed by atoms with E-state index in [1.54, 1.807) is 0 Å². The minimum atomic E-state index is 1.12. The molecule has 0 aromatic heterocycles. The highest BCUT2D eigenvalue weighted by molar-refractivity contribution is 9.10. The molecule has 0 saturated carbocycles. The Balaban J connectivity index is 2.26. The van der Waals surface area contributed by atoms with E-state index in [1.165, 1.54) is 5.56 Å². The molecular formula is C13H21BrN2. The fourth-order valence-corrected chi connectivity index (χ4v) is 1.72. The SMILES string of the molecule is CN(C)CCN(C)CCc1ccc(Br)cc1. The summed E-state index contributed by atoms with van der Waals surface area (Å²) < 4.78 is 1.15. The first kappa shape index (κ1) is 13.7. The first-order chi connectivity index (χ1) is 7.58. The molecule has 2 nitrogen and oxygen atoms in total. The smallest absolute Gasteiger partial charge is 0.0175 e. The highest BCUT2D eigenvalue weighted by Crippen LogP contribution is 2.10.